The van der Waals surface area contributed by atoms with Gasteiger partial charge in [-0.1, -0.05) is 11.6 Å². The molecule has 0 aliphatic carbocycles. The molecule has 0 saturated heterocycles. The molecule has 1 heterocycles. The summed E-state index contributed by atoms with van der Waals surface area (Å²) >= 11 is 7.41. The molecular weight excluding hydrogens is 306 g/mol. The van der Waals surface area contributed by atoms with Crippen molar-refractivity contribution in [1.82, 2.24) is 5.32 Å². The molecule has 0 fully saturated rings. The first kappa shape index (κ1) is 15.7. The molecule has 1 aromatic heterocycles. The van der Waals surface area contributed by atoms with Gasteiger partial charge in [0.05, 0.1) is 9.90 Å². The summed E-state index contributed by atoms with van der Waals surface area (Å²) in [5.41, 5.74) is 7.79. The number of hydrogen-bond acceptors (Lipinski definition) is 4. The molecule has 2 rings (SSSR count). The Kier molecular flexibility index (Phi) is 5.09. The molecule has 2 aromatic rings. The lowest BCUT2D eigenvalue weighted by Crippen LogP contribution is -2.27. The van der Waals surface area contributed by atoms with E-state index in [-0.39, 0.29) is 5.91 Å². The van der Waals surface area contributed by atoms with Gasteiger partial charge in [-0.15, -0.1) is 11.3 Å². The Balaban J connectivity index is 2.01. The van der Waals surface area contributed by atoms with Gasteiger partial charge in [0, 0.05) is 36.9 Å². The van der Waals surface area contributed by atoms with E-state index in [1.807, 2.05) is 37.2 Å². The predicted octanol–water partition coefficient (Wildman–Crippen LogP) is 3.02. The second-order valence-corrected chi connectivity index (χ2v) is 6.68. The van der Waals surface area contributed by atoms with E-state index in [2.05, 4.69) is 5.32 Å². The number of rotatable bonds is 5. The van der Waals surface area contributed by atoms with Gasteiger partial charge in [-0.2, -0.15) is 0 Å². The van der Waals surface area contributed by atoms with Crippen LogP contribution in [0.2, 0.25) is 4.34 Å². The Labute approximate surface area is 133 Å². The zero-order chi connectivity index (χ0) is 15.4. The number of carbonyl (C=O) groups excluding carboxylic acids is 1. The average Bonchev–Trinajstić information content (AvgIpc) is 2.84. The first-order chi connectivity index (χ1) is 9.97. The summed E-state index contributed by atoms with van der Waals surface area (Å²) in [5, 5.41) is 2.92. The number of thiophene rings is 1. The van der Waals surface area contributed by atoms with E-state index >= 15 is 0 Å². The molecule has 21 heavy (non-hydrogen) atoms. The Bertz CT molecular complexity index is 640. The van der Waals surface area contributed by atoms with Crippen molar-refractivity contribution in [2.24, 2.45) is 0 Å². The van der Waals surface area contributed by atoms with Crippen LogP contribution in [0.5, 0.6) is 0 Å². The number of halogens is 1. The van der Waals surface area contributed by atoms with Gasteiger partial charge >= 0.3 is 0 Å². The van der Waals surface area contributed by atoms with E-state index < -0.39 is 0 Å². The number of carbonyl (C=O) groups is 1. The van der Waals surface area contributed by atoms with Crippen molar-refractivity contribution in [3.63, 3.8) is 0 Å². The van der Waals surface area contributed by atoms with E-state index in [0.29, 0.717) is 17.8 Å². The van der Waals surface area contributed by atoms with Crippen LogP contribution < -0.4 is 16.0 Å². The zero-order valence-electron chi connectivity index (χ0n) is 12.0. The molecule has 1 amide bonds. The lowest BCUT2D eigenvalue weighted by atomic mass is 10.1. The van der Waals surface area contributed by atoms with Crippen molar-refractivity contribution in [2.75, 3.05) is 31.3 Å². The fourth-order valence-corrected chi connectivity index (χ4v) is 3.09. The van der Waals surface area contributed by atoms with E-state index in [9.17, 15) is 4.79 Å². The predicted molar refractivity (Wildman–Crippen MR) is 90.5 cm³/mol. The molecule has 4 nitrogen and oxygen atoms in total. The second kappa shape index (κ2) is 6.83. The van der Waals surface area contributed by atoms with Crippen LogP contribution in [0.1, 0.15) is 15.2 Å². The summed E-state index contributed by atoms with van der Waals surface area (Å²) in [4.78, 5) is 15.4. The number of nitrogen functional groups attached to an aromatic ring is 1. The summed E-state index contributed by atoms with van der Waals surface area (Å²) in [6.45, 7) is 0.567. The van der Waals surface area contributed by atoms with Crippen LogP contribution in [0.3, 0.4) is 0 Å². The van der Waals surface area contributed by atoms with Crippen LogP contribution in [0, 0.1) is 0 Å². The van der Waals surface area contributed by atoms with E-state index in [0.717, 1.165) is 21.3 Å². The molecule has 0 aliphatic rings. The van der Waals surface area contributed by atoms with Gasteiger partial charge in [-0.25, -0.2) is 0 Å². The number of amides is 1. The van der Waals surface area contributed by atoms with Crippen molar-refractivity contribution in [3.8, 4) is 0 Å². The van der Waals surface area contributed by atoms with Crippen molar-refractivity contribution in [2.45, 2.75) is 6.42 Å². The van der Waals surface area contributed by atoms with E-state index in [1.165, 1.54) is 11.3 Å². The van der Waals surface area contributed by atoms with E-state index in [1.54, 1.807) is 12.1 Å². The maximum absolute atomic E-state index is 12.3. The highest BCUT2D eigenvalue weighted by molar-refractivity contribution is 7.16. The molecule has 3 N–H and O–H groups in total. The monoisotopic (exact) mass is 323 g/mol. The molecule has 0 saturated carbocycles. The third-order valence-electron chi connectivity index (χ3n) is 3.03. The van der Waals surface area contributed by atoms with Crippen LogP contribution in [0.4, 0.5) is 11.4 Å². The maximum Gasteiger partial charge on any atom is 0.253 e. The van der Waals surface area contributed by atoms with Gasteiger partial charge < -0.3 is 16.0 Å². The van der Waals surface area contributed by atoms with Crippen LogP contribution >= 0.6 is 22.9 Å². The lowest BCUT2D eigenvalue weighted by molar-refractivity contribution is 0.0955. The smallest absolute Gasteiger partial charge is 0.253 e. The third kappa shape index (κ3) is 4.12. The van der Waals surface area contributed by atoms with Gasteiger partial charge in [0.15, 0.2) is 0 Å². The quantitative estimate of drug-likeness (QED) is 0.832. The Morgan fingerprint density at radius 3 is 2.71 bits per heavy atom. The SMILES string of the molecule is CN(C)c1ccc(N)cc1C(=O)NCCc1ccc(Cl)s1. The lowest BCUT2D eigenvalue weighted by Gasteiger charge is -2.17. The Hall–Kier alpha value is -1.72. The van der Waals surface area contributed by atoms with Crippen LogP contribution in [-0.4, -0.2) is 26.5 Å². The number of anilines is 2. The fourth-order valence-electron chi connectivity index (χ4n) is 2.01. The average molecular weight is 324 g/mol. The number of nitrogens with zero attached hydrogens (tertiary/aromatic N) is 1. The molecule has 0 aliphatic heterocycles. The number of nitrogens with two attached hydrogens (primary N) is 1. The molecule has 0 atom stereocenters. The fraction of sp³-hybridized carbons (Fsp3) is 0.267. The van der Waals surface area contributed by atoms with Crippen LogP contribution in [0.25, 0.3) is 0 Å². The first-order valence-corrected chi connectivity index (χ1v) is 7.76. The van der Waals surface area contributed by atoms with Crippen LogP contribution in [-0.2, 0) is 6.42 Å². The van der Waals surface area contributed by atoms with Crippen molar-refractivity contribution in [3.05, 3.63) is 45.1 Å². The summed E-state index contributed by atoms with van der Waals surface area (Å²) < 4.78 is 0.766. The number of hydrogen-bond donors (Lipinski definition) is 2. The number of nitrogens with one attached hydrogen (secondary N) is 1. The highest BCUT2D eigenvalue weighted by Gasteiger charge is 2.13. The minimum atomic E-state index is -0.117. The van der Waals surface area contributed by atoms with Crippen molar-refractivity contribution in [1.29, 1.82) is 0 Å². The standard InChI is InChI=1S/C15H18ClN3OS/c1-19(2)13-5-3-10(17)9-12(13)15(20)18-8-7-11-4-6-14(16)21-11/h3-6,9H,7-8,17H2,1-2H3,(H,18,20). The van der Waals surface area contributed by atoms with Gasteiger partial charge in [-0.3, -0.25) is 4.79 Å². The second-order valence-electron chi connectivity index (χ2n) is 4.88. The maximum atomic E-state index is 12.3. The van der Waals surface area contributed by atoms with Crippen molar-refractivity contribution >= 4 is 40.2 Å². The summed E-state index contributed by atoms with van der Waals surface area (Å²) in [5.74, 6) is -0.117. The highest BCUT2D eigenvalue weighted by Crippen LogP contribution is 2.22. The van der Waals surface area contributed by atoms with Crippen molar-refractivity contribution < 1.29 is 4.79 Å². The topological polar surface area (TPSA) is 58.4 Å². The van der Waals surface area contributed by atoms with E-state index in [4.69, 9.17) is 17.3 Å². The molecule has 6 heteroatoms. The summed E-state index contributed by atoms with van der Waals surface area (Å²) in [7, 11) is 3.80. The molecular formula is C15H18ClN3OS. The van der Waals surface area contributed by atoms with Gasteiger partial charge in [-0.05, 0) is 36.8 Å². The molecule has 0 radical (unpaired) electrons. The minimum Gasteiger partial charge on any atom is -0.399 e. The van der Waals surface area contributed by atoms with Gasteiger partial charge in [0.25, 0.3) is 5.91 Å². The Morgan fingerprint density at radius 2 is 2.10 bits per heavy atom. The molecule has 0 bridgehead atoms. The highest BCUT2D eigenvalue weighted by atomic mass is 35.5. The molecule has 1 aromatic carbocycles. The summed E-state index contributed by atoms with van der Waals surface area (Å²) in [6, 6.07) is 9.19. The number of benzene rings is 1. The zero-order valence-corrected chi connectivity index (χ0v) is 13.6. The molecule has 0 unspecified atom stereocenters. The summed E-state index contributed by atoms with van der Waals surface area (Å²) in [6.07, 6.45) is 0.767. The third-order valence-corrected chi connectivity index (χ3v) is 4.32. The normalized spacial score (nSPS) is 10.4. The van der Waals surface area contributed by atoms with Gasteiger partial charge in [0.1, 0.15) is 0 Å². The van der Waals surface area contributed by atoms with Crippen LogP contribution in [0.15, 0.2) is 30.3 Å². The minimum absolute atomic E-state index is 0.117. The molecule has 0 spiro atoms. The van der Waals surface area contributed by atoms with Gasteiger partial charge in [0.2, 0.25) is 0 Å². The first-order valence-electron chi connectivity index (χ1n) is 6.56. The molecule has 112 valence electrons. The Morgan fingerprint density at radius 1 is 1.33 bits per heavy atom. The largest absolute Gasteiger partial charge is 0.399 e.